The molecule has 3 rings (SSSR count). The molecule has 1 aliphatic rings. The van der Waals surface area contributed by atoms with Gasteiger partial charge in [0.2, 0.25) is 0 Å². The maximum absolute atomic E-state index is 5.97. The second-order valence-electron chi connectivity index (χ2n) is 5.34. The minimum atomic E-state index is 0.206. The number of aryl methyl sites for hydroxylation is 2. The first kappa shape index (κ1) is 13.9. The summed E-state index contributed by atoms with van der Waals surface area (Å²) in [5.74, 6) is 2.68. The maximum atomic E-state index is 5.97. The van der Waals surface area contributed by atoms with Crippen LogP contribution in [0.25, 0.3) is 0 Å². The van der Waals surface area contributed by atoms with Crippen LogP contribution >= 0.6 is 0 Å². The van der Waals surface area contributed by atoms with Crippen LogP contribution in [0.2, 0.25) is 0 Å². The first-order valence-electron chi connectivity index (χ1n) is 7.20. The molecule has 112 valence electrons. The lowest BCUT2D eigenvalue weighted by molar-refractivity contribution is 0.171. The van der Waals surface area contributed by atoms with Gasteiger partial charge in [0.1, 0.15) is 19.0 Å². The third-order valence-corrected chi connectivity index (χ3v) is 3.95. The predicted octanol–water partition coefficient (Wildman–Crippen LogP) is 2.35. The van der Waals surface area contributed by atoms with Gasteiger partial charge in [0.15, 0.2) is 11.5 Å². The van der Waals surface area contributed by atoms with Crippen LogP contribution in [0, 0.1) is 13.8 Å². The van der Waals surface area contributed by atoms with E-state index in [1.165, 1.54) is 0 Å². The summed E-state index contributed by atoms with van der Waals surface area (Å²) in [6.45, 7) is 5.65. The first-order valence-corrected chi connectivity index (χ1v) is 7.20. The van der Waals surface area contributed by atoms with Crippen LogP contribution in [-0.2, 0) is 6.42 Å². The zero-order chi connectivity index (χ0) is 14.8. The highest BCUT2D eigenvalue weighted by Crippen LogP contribution is 2.34. The number of nitrogens with zero attached hydrogens (tertiary/aromatic N) is 1. The van der Waals surface area contributed by atoms with Gasteiger partial charge in [0, 0.05) is 11.5 Å². The first-order chi connectivity index (χ1) is 10.2. The van der Waals surface area contributed by atoms with Gasteiger partial charge in [-0.3, -0.25) is 0 Å². The number of hydrogen-bond donors (Lipinski definition) is 1. The topological polar surface area (TPSA) is 70.5 Å². The minimum Gasteiger partial charge on any atom is -0.486 e. The van der Waals surface area contributed by atoms with Crippen LogP contribution in [0.4, 0.5) is 0 Å². The molecule has 0 saturated carbocycles. The van der Waals surface area contributed by atoms with Crippen LogP contribution in [0.1, 0.15) is 28.5 Å². The summed E-state index contributed by atoms with van der Waals surface area (Å²) in [6.07, 6.45) is 0.817. The second-order valence-corrected chi connectivity index (χ2v) is 5.34. The van der Waals surface area contributed by atoms with Gasteiger partial charge in [-0.15, -0.1) is 0 Å². The Morgan fingerprint density at radius 2 is 1.95 bits per heavy atom. The highest BCUT2D eigenvalue weighted by atomic mass is 16.6. The number of fused-ring (bicyclic) bond motifs is 1. The fourth-order valence-corrected chi connectivity index (χ4v) is 2.69. The van der Waals surface area contributed by atoms with Gasteiger partial charge in [-0.2, -0.15) is 0 Å². The Kier molecular flexibility index (Phi) is 3.84. The third-order valence-electron chi connectivity index (χ3n) is 3.95. The molecule has 1 atom stereocenters. The van der Waals surface area contributed by atoms with Gasteiger partial charge in [-0.25, -0.2) is 0 Å². The quantitative estimate of drug-likeness (QED) is 0.935. The molecule has 1 aromatic heterocycles. The maximum Gasteiger partial charge on any atom is 0.161 e. The molecule has 2 N–H and O–H groups in total. The summed E-state index contributed by atoms with van der Waals surface area (Å²) in [5, 5.41) is 4.01. The summed E-state index contributed by atoms with van der Waals surface area (Å²) in [4.78, 5) is 0. The van der Waals surface area contributed by atoms with Crippen LogP contribution in [0.5, 0.6) is 11.5 Å². The highest BCUT2D eigenvalue weighted by Gasteiger charge is 2.19. The lowest BCUT2D eigenvalue weighted by Crippen LogP contribution is -2.18. The zero-order valence-corrected chi connectivity index (χ0v) is 12.4. The molecule has 5 nitrogen and oxygen atoms in total. The van der Waals surface area contributed by atoms with Gasteiger partial charge >= 0.3 is 0 Å². The highest BCUT2D eigenvalue weighted by molar-refractivity contribution is 5.45. The molecular formula is C16H20N2O3. The Labute approximate surface area is 124 Å². The average molecular weight is 288 g/mol. The van der Waals surface area contributed by atoms with Crippen molar-refractivity contribution in [2.24, 2.45) is 5.73 Å². The standard InChI is InChI=1S/C16H20N2O3/c1-10-14(11(2)21-18-10)7-13(9-17)12-3-4-15-16(8-12)20-6-5-19-15/h3-4,8,13H,5-7,9,17H2,1-2H3. The van der Waals surface area contributed by atoms with E-state index < -0.39 is 0 Å². The van der Waals surface area contributed by atoms with Crippen LogP contribution < -0.4 is 15.2 Å². The summed E-state index contributed by atoms with van der Waals surface area (Å²) >= 11 is 0. The van der Waals surface area contributed by atoms with Crippen molar-refractivity contribution in [3.63, 3.8) is 0 Å². The number of hydrogen-bond acceptors (Lipinski definition) is 5. The zero-order valence-electron chi connectivity index (χ0n) is 12.4. The third kappa shape index (κ3) is 2.74. The summed E-state index contributed by atoms with van der Waals surface area (Å²) in [6, 6.07) is 6.05. The number of rotatable bonds is 4. The van der Waals surface area contributed by atoms with Crippen molar-refractivity contribution < 1.29 is 14.0 Å². The smallest absolute Gasteiger partial charge is 0.161 e. The molecule has 21 heavy (non-hydrogen) atoms. The van der Waals surface area contributed by atoms with Crippen molar-refractivity contribution in [3.05, 3.63) is 40.8 Å². The van der Waals surface area contributed by atoms with Crippen molar-refractivity contribution in [2.75, 3.05) is 19.8 Å². The Bertz CT molecular complexity index is 617. The average Bonchev–Trinajstić information content (AvgIpc) is 2.83. The molecule has 2 heterocycles. The van der Waals surface area contributed by atoms with E-state index in [0.717, 1.165) is 40.5 Å². The molecule has 5 heteroatoms. The van der Waals surface area contributed by atoms with Crippen molar-refractivity contribution >= 4 is 0 Å². The van der Waals surface area contributed by atoms with E-state index in [4.69, 9.17) is 19.7 Å². The molecule has 1 aliphatic heterocycles. The van der Waals surface area contributed by atoms with Crippen LogP contribution in [0.15, 0.2) is 22.7 Å². The summed E-state index contributed by atoms with van der Waals surface area (Å²) in [5.41, 5.74) is 9.20. The fourth-order valence-electron chi connectivity index (χ4n) is 2.69. The second kappa shape index (κ2) is 5.77. The Morgan fingerprint density at radius 3 is 2.62 bits per heavy atom. The fraction of sp³-hybridized carbons (Fsp3) is 0.438. The molecule has 0 aliphatic carbocycles. The number of nitrogens with two attached hydrogens (primary N) is 1. The SMILES string of the molecule is Cc1noc(C)c1CC(CN)c1ccc2c(c1)OCCO2. The van der Waals surface area contributed by atoms with Crippen molar-refractivity contribution in [3.8, 4) is 11.5 Å². The molecule has 0 bridgehead atoms. The van der Waals surface area contributed by atoms with Gasteiger partial charge in [-0.1, -0.05) is 11.2 Å². The minimum absolute atomic E-state index is 0.206. The van der Waals surface area contributed by atoms with E-state index in [1.54, 1.807) is 0 Å². The van der Waals surface area contributed by atoms with E-state index in [0.29, 0.717) is 19.8 Å². The molecule has 1 unspecified atom stereocenters. The molecular weight excluding hydrogens is 268 g/mol. The normalized spacial score (nSPS) is 15.0. The number of aromatic nitrogens is 1. The van der Waals surface area contributed by atoms with Gasteiger partial charge in [0.25, 0.3) is 0 Å². The molecule has 0 radical (unpaired) electrons. The summed E-state index contributed by atoms with van der Waals surface area (Å²) < 4.78 is 16.4. The van der Waals surface area contributed by atoms with Gasteiger partial charge < -0.3 is 19.7 Å². The van der Waals surface area contributed by atoms with E-state index in [9.17, 15) is 0 Å². The lowest BCUT2D eigenvalue weighted by atomic mass is 9.91. The molecule has 0 fully saturated rings. The van der Waals surface area contributed by atoms with E-state index in [2.05, 4.69) is 11.2 Å². The Balaban J connectivity index is 1.86. The largest absolute Gasteiger partial charge is 0.486 e. The lowest BCUT2D eigenvalue weighted by Gasteiger charge is -2.21. The van der Waals surface area contributed by atoms with E-state index in [1.807, 2.05) is 26.0 Å². The Hall–Kier alpha value is -2.01. The molecule has 0 saturated heterocycles. The predicted molar refractivity (Wildman–Crippen MR) is 78.9 cm³/mol. The number of ether oxygens (including phenoxy) is 2. The molecule has 0 amide bonds. The molecule has 1 aromatic carbocycles. The van der Waals surface area contributed by atoms with Gasteiger partial charge in [0.05, 0.1) is 5.69 Å². The van der Waals surface area contributed by atoms with Crippen LogP contribution in [0.3, 0.4) is 0 Å². The summed E-state index contributed by atoms with van der Waals surface area (Å²) in [7, 11) is 0. The van der Waals surface area contributed by atoms with Crippen molar-refractivity contribution in [1.82, 2.24) is 5.16 Å². The van der Waals surface area contributed by atoms with Crippen molar-refractivity contribution in [2.45, 2.75) is 26.2 Å². The van der Waals surface area contributed by atoms with E-state index in [-0.39, 0.29) is 5.92 Å². The molecule has 2 aromatic rings. The molecule has 0 spiro atoms. The van der Waals surface area contributed by atoms with Gasteiger partial charge in [-0.05, 0) is 44.5 Å². The Morgan fingerprint density at radius 1 is 1.19 bits per heavy atom. The monoisotopic (exact) mass is 288 g/mol. The number of benzene rings is 1. The van der Waals surface area contributed by atoms with E-state index >= 15 is 0 Å². The van der Waals surface area contributed by atoms with Crippen molar-refractivity contribution in [1.29, 1.82) is 0 Å². The van der Waals surface area contributed by atoms with Crippen LogP contribution in [-0.4, -0.2) is 24.9 Å².